The average molecular weight is 481 g/mol. The number of carbonyl (C=O) groups is 4. The van der Waals surface area contributed by atoms with E-state index in [-0.39, 0.29) is 38.1 Å². The molecule has 4 rings (SSSR count). The summed E-state index contributed by atoms with van der Waals surface area (Å²) in [5, 5.41) is 14.1. The van der Waals surface area contributed by atoms with E-state index in [1.165, 1.54) is 4.90 Å². The molecule has 1 unspecified atom stereocenters. The molecule has 1 fully saturated rings. The number of amides is 3. The van der Waals surface area contributed by atoms with Crippen LogP contribution in [0, 0.1) is 0 Å². The third-order valence-electron chi connectivity index (χ3n) is 6.46. The molecule has 0 spiro atoms. The molecule has 10 heteroatoms. The number of piperazine rings is 1. The van der Waals surface area contributed by atoms with E-state index in [1.807, 2.05) is 48.5 Å². The van der Waals surface area contributed by atoms with Crippen molar-refractivity contribution in [2.75, 3.05) is 46.4 Å². The van der Waals surface area contributed by atoms with Crippen LogP contribution in [0.5, 0.6) is 0 Å². The van der Waals surface area contributed by atoms with E-state index in [0.717, 1.165) is 22.3 Å². The Morgan fingerprint density at radius 1 is 0.943 bits per heavy atom. The van der Waals surface area contributed by atoms with Crippen molar-refractivity contribution in [2.24, 2.45) is 0 Å². The molecule has 2 aromatic carbocycles. The second-order valence-electron chi connectivity index (χ2n) is 8.63. The number of alkyl carbamates (subject to hydrolysis) is 1. The van der Waals surface area contributed by atoms with E-state index < -0.39 is 24.0 Å². The van der Waals surface area contributed by atoms with Gasteiger partial charge in [0.1, 0.15) is 19.2 Å². The van der Waals surface area contributed by atoms with Gasteiger partial charge in [0, 0.05) is 25.6 Å². The van der Waals surface area contributed by atoms with Gasteiger partial charge in [-0.25, -0.2) is 4.79 Å². The standard InChI is InChI=1S/C25H28N4O6/c1-28-10-11-29(14-21(28)24(32)33)23(31)13-26-22(30)12-27-25(34)35-15-20-18-8-4-2-6-16(18)17-7-3-5-9-19(17)20/h2-9,20-21H,10-15H2,1H3,(H,26,30)(H,27,34)(H,32,33). The predicted octanol–water partition coefficient (Wildman–Crippen LogP) is 0.869. The number of fused-ring (bicyclic) bond motifs is 3. The van der Waals surface area contributed by atoms with Crippen LogP contribution in [0.3, 0.4) is 0 Å². The first-order valence-corrected chi connectivity index (χ1v) is 11.4. The number of aliphatic carboxylic acids is 1. The van der Waals surface area contributed by atoms with Crippen LogP contribution in [0.15, 0.2) is 48.5 Å². The predicted molar refractivity (Wildman–Crippen MR) is 127 cm³/mol. The summed E-state index contributed by atoms with van der Waals surface area (Å²) in [4.78, 5) is 51.0. The van der Waals surface area contributed by atoms with Gasteiger partial charge in [-0.3, -0.25) is 19.3 Å². The Balaban J connectivity index is 1.21. The summed E-state index contributed by atoms with van der Waals surface area (Å²) in [6.07, 6.45) is -0.725. The number of benzene rings is 2. The van der Waals surface area contributed by atoms with Crippen LogP contribution in [0.2, 0.25) is 0 Å². The molecule has 2 aromatic rings. The van der Waals surface area contributed by atoms with Gasteiger partial charge in [-0.1, -0.05) is 48.5 Å². The van der Waals surface area contributed by atoms with Gasteiger partial charge in [-0.2, -0.15) is 0 Å². The van der Waals surface area contributed by atoms with Crippen LogP contribution < -0.4 is 10.6 Å². The number of nitrogens with zero attached hydrogens (tertiary/aromatic N) is 2. The number of hydrogen-bond acceptors (Lipinski definition) is 6. The first kappa shape index (κ1) is 24.2. The van der Waals surface area contributed by atoms with Crippen LogP contribution in [0.25, 0.3) is 11.1 Å². The zero-order chi connectivity index (χ0) is 24.9. The second-order valence-corrected chi connectivity index (χ2v) is 8.63. The Morgan fingerprint density at radius 2 is 1.57 bits per heavy atom. The molecular formula is C25H28N4O6. The van der Waals surface area contributed by atoms with E-state index in [1.54, 1.807) is 11.9 Å². The first-order valence-electron chi connectivity index (χ1n) is 11.4. The number of nitrogens with one attached hydrogen (secondary N) is 2. The minimum Gasteiger partial charge on any atom is -0.480 e. The van der Waals surface area contributed by atoms with Gasteiger partial charge in [0.05, 0.1) is 6.54 Å². The Kier molecular flexibility index (Phi) is 7.31. The molecule has 184 valence electrons. The van der Waals surface area contributed by atoms with Crippen molar-refractivity contribution in [1.29, 1.82) is 0 Å². The second kappa shape index (κ2) is 10.6. The molecule has 2 aliphatic rings. The van der Waals surface area contributed by atoms with E-state index in [2.05, 4.69) is 10.6 Å². The highest BCUT2D eigenvalue weighted by molar-refractivity contribution is 5.87. The number of rotatable bonds is 7. The first-order chi connectivity index (χ1) is 16.8. The molecule has 0 saturated carbocycles. The van der Waals surface area contributed by atoms with Gasteiger partial charge >= 0.3 is 12.1 Å². The van der Waals surface area contributed by atoms with E-state index in [0.29, 0.717) is 13.1 Å². The quantitative estimate of drug-likeness (QED) is 0.536. The van der Waals surface area contributed by atoms with Gasteiger partial charge in [0.2, 0.25) is 11.8 Å². The zero-order valence-electron chi connectivity index (χ0n) is 19.4. The topological polar surface area (TPSA) is 128 Å². The maximum absolute atomic E-state index is 12.4. The maximum Gasteiger partial charge on any atom is 0.407 e. The van der Waals surface area contributed by atoms with Gasteiger partial charge < -0.3 is 25.4 Å². The molecule has 1 aliphatic heterocycles. The van der Waals surface area contributed by atoms with Crippen molar-refractivity contribution in [3.63, 3.8) is 0 Å². The molecule has 1 heterocycles. The highest BCUT2D eigenvalue weighted by atomic mass is 16.5. The van der Waals surface area contributed by atoms with E-state index in [4.69, 9.17) is 4.74 Å². The molecular weight excluding hydrogens is 452 g/mol. The molecule has 1 saturated heterocycles. The number of likely N-dealkylation sites (N-methyl/N-ethyl adjacent to an activating group) is 1. The van der Waals surface area contributed by atoms with Gasteiger partial charge in [-0.05, 0) is 29.3 Å². The number of carbonyl (C=O) groups excluding carboxylic acids is 3. The van der Waals surface area contributed by atoms with Crippen molar-refractivity contribution >= 4 is 23.9 Å². The lowest BCUT2D eigenvalue weighted by atomic mass is 9.98. The Morgan fingerprint density at radius 3 is 2.20 bits per heavy atom. The summed E-state index contributed by atoms with van der Waals surface area (Å²) >= 11 is 0. The van der Waals surface area contributed by atoms with Gasteiger partial charge in [-0.15, -0.1) is 0 Å². The molecule has 1 atom stereocenters. The van der Waals surface area contributed by atoms with Crippen LogP contribution in [0.1, 0.15) is 17.0 Å². The molecule has 35 heavy (non-hydrogen) atoms. The summed E-state index contributed by atoms with van der Waals surface area (Å²) in [6.45, 7) is 0.380. The molecule has 1 aliphatic carbocycles. The third-order valence-corrected chi connectivity index (χ3v) is 6.46. The lowest BCUT2D eigenvalue weighted by molar-refractivity contribution is -0.147. The summed E-state index contributed by atoms with van der Waals surface area (Å²) in [5.41, 5.74) is 4.42. The van der Waals surface area contributed by atoms with E-state index in [9.17, 15) is 24.3 Å². The zero-order valence-corrected chi connectivity index (χ0v) is 19.4. The monoisotopic (exact) mass is 480 g/mol. The summed E-state index contributed by atoms with van der Waals surface area (Å²) in [5.74, 6) is -2.01. The number of ether oxygens (including phenoxy) is 1. The van der Waals surface area contributed by atoms with Crippen molar-refractivity contribution in [3.05, 3.63) is 59.7 Å². The largest absolute Gasteiger partial charge is 0.480 e. The smallest absolute Gasteiger partial charge is 0.407 e. The van der Waals surface area contributed by atoms with Crippen molar-refractivity contribution in [2.45, 2.75) is 12.0 Å². The van der Waals surface area contributed by atoms with Crippen molar-refractivity contribution < 1.29 is 29.0 Å². The summed E-state index contributed by atoms with van der Waals surface area (Å²) in [7, 11) is 1.69. The number of carboxylic acid groups (broad SMARTS) is 1. The fraction of sp³-hybridized carbons (Fsp3) is 0.360. The highest BCUT2D eigenvalue weighted by Gasteiger charge is 2.32. The maximum atomic E-state index is 12.4. The Hall–Kier alpha value is -3.92. The van der Waals surface area contributed by atoms with Gasteiger partial charge in [0.25, 0.3) is 0 Å². The fourth-order valence-electron chi connectivity index (χ4n) is 4.52. The van der Waals surface area contributed by atoms with E-state index >= 15 is 0 Å². The molecule has 3 amide bonds. The third kappa shape index (κ3) is 5.43. The highest BCUT2D eigenvalue weighted by Crippen LogP contribution is 2.44. The molecule has 0 aromatic heterocycles. The minimum atomic E-state index is -0.999. The van der Waals surface area contributed by atoms with Crippen LogP contribution >= 0.6 is 0 Å². The molecule has 0 radical (unpaired) electrons. The number of carboxylic acids is 1. The minimum absolute atomic E-state index is 0.0541. The average Bonchev–Trinajstić information content (AvgIpc) is 3.18. The summed E-state index contributed by atoms with van der Waals surface area (Å²) < 4.78 is 5.39. The van der Waals surface area contributed by atoms with Gasteiger partial charge in [0.15, 0.2) is 0 Å². The Bertz CT molecular complexity index is 1090. The van der Waals surface area contributed by atoms with Crippen LogP contribution in [-0.2, 0) is 19.1 Å². The fourth-order valence-corrected chi connectivity index (χ4v) is 4.52. The molecule has 10 nitrogen and oxygen atoms in total. The van der Waals surface area contributed by atoms with Crippen molar-refractivity contribution in [1.82, 2.24) is 20.4 Å². The molecule has 0 bridgehead atoms. The Labute approximate surface area is 202 Å². The SMILES string of the molecule is CN1CCN(C(=O)CNC(=O)CNC(=O)OCC2c3ccccc3-c3ccccc32)CC1C(=O)O. The normalized spacial score (nSPS) is 17.3. The summed E-state index contributed by atoms with van der Waals surface area (Å²) in [6, 6.07) is 15.2. The lowest BCUT2D eigenvalue weighted by Crippen LogP contribution is -2.57. The van der Waals surface area contributed by atoms with Crippen LogP contribution in [0.4, 0.5) is 4.79 Å². The van der Waals surface area contributed by atoms with Crippen molar-refractivity contribution in [3.8, 4) is 11.1 Å². The molecule has 3 N–H and O–H groups in total. The lowest BCUT2D eigenvalue weighted by Gasteiger charge is -2.37. The number of hydrogen-bond donors (Lipinski definition) is 3. The van der Waals surface area contributed by atoms with Crippen LogP contribution in [-0.4, -0.2) is 91.2 Å².